The molecule has 0 unspecified atom stereocenters. The molecule has 28 heavy (non-hydrogen) atoms. The van der Waals surface area contributed by atoms with E-state index in [4.69, 9.17) is 4.52 Å². The van der Waals surface area contributed by atoms with E-state index in [-0.39, 0.29) is 42.8 Å². The summed E-state index contributed by atoms with van der Waals surface area (Å²) in [5.41, 5.74) is 0.172. The summed E-state index contributed by atoms with van der Waals surface area (Å²) in [4.78, 5) is 28.0. The number of nitrogens with zero attached hydrogens (tertiary/aromatic N) is 2. The summed E-state index contributed by atoms with van der Waals surface area (Å²) in [6.07, 6.45) is 4.28. The van der Waals surface area contributed by atoms with Gasteiger partial charge in [0.25, 0.3) is 0 Å². The van der Waals surface area contributed by atoms with Gasteiger partial charge in [-0.1, -0.05) is 36.6 Å². The van der Waals surface area contributed by atoms with Crippen LogP contribution >= 0.6 is 0 Å². The summed E-state index contributed by atoms with van der Waals surface area (Å²) in [6, 6.07) is 4.68. The van der Waals surface area contributed by atoms with Gasteiger partial charge in [0, 0.05) is 24.9 Å². The zero-order chi connectivity index (χ0) is 20.1. The van der Waals surface area contributed by atoms with Crippen molar-refractivity contribution in [2.75, 3.05) is 6.54 Å². The number of amides is 1. The molecule has 150 valence electrons. The Kier molecular flexibility index (Phi) is 6.06. The number of benzene rings is 1. The number of rotatable bonds is 7. The number of carbonyl (C=O) groups excluding carboxylic acids is 1. The number of hydrogen-bond acceptors (Lipinski definition) is 5. The molecule has 0 atom stereocenters. The molecule has 1 aliphatic carbocycles. The molecular formula is C20H24FN3O4. The Morgan fingerprint density at radius 3 is 2.71 bits per heavy atom. The van der Waals surface area contributed by atoms with E-state index in [0.29, 0.717) is 24.0 Å². The van der Waals surface area contributed by atoms with Crippen LogP contribution < -0.4 is 5.32 Å². The summed E-state index contributed by atoms with van der Waals surface area (Å²) in [5, 5.41) is 16.1. The van der Waals surface area contributed by atoms with E-state index < -0.39 is 11.4 Å². The second-order valence-corrected chi connectivity index (χ2v) is 7.40. The number of carbonyl (C=O) groups is 2. The fourth-order valence-electron chi connectivity index (χ4n) is 3.48. The second kappa shape index (κ2) is 8.50. The quantitative estimate of drug-likeness (QED) is 0.753. The third-order valence-corrected chi connectivity index (χ3v) is 5.35. The normalized spacial score (nSPS) is 15.9. The van der Waals surface area contributed by atoms with Crippen LogP contribution in [0.4, 0.5) is 4.39 Å². The van der Waals surface area contributed by atoms with E-state index in [1.807, 2.05) is 0 Å². The highest BCUT2D eigenvalue weighted by molar-refractivity contribution is 5.79. The molecule has 1 aliphatic rings. The van der Waals surface area contributed by atoms with E-state index >= 15 is 0 Å². The number of carboxylic acid groups (broad SMARTS) is 1. The Hall–Kier alpha value is -2.77. The monoisotopic (exact) mass is 389 g/mol. The largest absolute Gasteiger partial charge is 0.481 e. The molecule has 1 aromatic carbocycles. The van der Waals surface area contributed by atoms with Crippen molar-refractivity contribution in [3.63, 3.8) is 0 Å². The van der Waals surface area contributed by atoms with Crippen molar-refractivity contribution in [3.05, 3.63) is 35.5 Å². The fourth-order valence-corrected chi connectivity index (χ4v) is 3.48. The van der Waals surface area contributed by atoms with Gasteiger partial charge in [-0.05, 0) is 31.4 Å². The van der Waals surface area contributed by atoms with Crippen molar-refractivity contribution in [1.82, 2.24) is 15.5 Å². The average Bonchev–Trinajstić information content (AvgIpc) is 3.16. The van der Waals surface area contributed by atoms with Gasteiger partial charge < -0.3 is 14.9 Å². The van der Waals surface area contributed by atoms with Crippen LogP contribution in [0.3, 0.4) is 0 Å². The van der Waals surface area contributed by atoms with Crippen LogP contribution in [0.1, 0.15) is 50.0 Å². The number of halogens is 1. The van der Waals surface area contributed by atoms with Gasteiger partial charge >= 0.3 is 5.97 Å². The van der Waals surface area contributed by atoms with Gasteiger partial charge in [-0.25, -0.2) is 4.39 Å². The third-order valence-electron chi connectivity index (χ3n) is 5.35. The summed E-state index contributed by atoms with van der Waals surface area (Å²) in [6.45, 7) is 1.81. The van der Waals surface area contributed by atoms with Gasteiger partial charge in [0.1, 0.15) is 5.82 Å². The lowest BCUT2D eigenvalue weighted by atomic mass is 9.74. The van der Waals surface area contributed by atoms with Gasteiger partial charge in [0.05, 0.1) is 5.41 Å². The first kappa shape index (κ1) is 20.0. The number of aromatic nitrogens is 2. The maximum absolute atomic E-state index is 13.7. The minimum atomic E-state index is -0.860. The maximum atomic E-state index is 13.7. The molecule has 0 aliphatic heterocycles. The van der Waals surface area contributed by atoms with E-state index in [9.17, 15) is 19.1 Å². The Balaban J connectivity index is 1.53. The molecule has 1 saturated carbocycles. The summed E-state index contributed by atoms with van der Waals surface area (Å²) < 4.78 is 18.8. The molecule has 8 heteroatoms. The SMILES string of the molecule is Cc1ccc(-c2noc(CCC(=O)NCC3(C(=O)O)CCCCC3)n2)cc1F. The molecule has 1 amide bonds. The summed E-state index contributed by atoms with van der Waals surface area (Å²) >= 11 is 0. The lowest BCUT2D eigenvalue weighted by Gasteiger charge is -2.33. The standard InChI is InChI=1S/C20H24FN3O4/c1-13-5-6-14(11-15(13)21)18-23-17(28-24-18)8-7-16(25)22-12-20(19(26)27)9-3-2-4-10-20/h5-6,11H,2-4,7-10,12H2,1H3,(H,22,25)(H,26,27). The van der Waals surface area contributed by atoms with E-state index in [0.717, 1.165) is 19.3 Å². The lowest BCUT2D eigenvalue weighted by Crippen LogP contribution is -2.44. The van der Waals surface area contributed by atoms with Crippen LogP contribution in [-0.2, 0) is 16.0 Å². The van der Waals surface area contributed by atoms with E-state index in [1.54, 1.807) is 19.1 Å². The Bertz CT molecular complexity index is 859. The van der Waals surface area contributed by atoms with Crippen LogP contribution in [0, 0.1) is 18.2 Å². The number of hydrogen-bond donors (Lipinski definition) is 2. The highest BCUT2D eigenvalue weighted by Gasteiger charge is 2.39. The van der Waals surface area contributed by atoms with Crippen LogP contribution in [0.25, 0.3) is 11.4 Å². The minimum absolute atomic E-state index is 0.111. The maximum Gasteiger partial charge on any atom is 0.311 e. The third kappa shape index (κ3) is 4.55. The molecule has 2 N–H and O–H groups in total. The first-order chi connectivity index (χ1) is 13.4. The van der Waals surface area contributed by atoms with Gasteiger partial charge in [-0.15, -0.1) is 0 Å². The van der Waals surface area contributed by atoms with Crippen molar-refractivity contribution >= 4 is 11.9 Å². The van der Waals surface area contributed by atoms with Crippen molar-refractivity contribution in [1.29, 1.82) is 0 Å². The topological polar surface area (TPSA) is 105 Å². The summed E-state index contributed by atoms with van der Waals surface area (Å²) in [5.74, 6) is -0.914. The predicted octanol–water partition coefficient (Wildman–Crippen LogP) is 3.27. The highest BCUT2D eigenvalue weighted by atomic mass is 19.1. The predicted molar refractivity (Wildman–Crippen MR) is 98.9 cm³/mol. The molecule has 2 aromatic rings. The van der Waals surface area contributed by atoms with Gasteiger partial charge in [-0.3, -0.25) is 9.59 Å². The fraction of sp³-hybridized carbons (Fsp3) is 0.500. The average molecular weight is 389 g/mol. The number of carboxylic acids is 1. The minimum Gasteiger partial charge on any atom is -0.481 e. The van der Waals surface area contributed by atoms with E-state index in [2.05, 4.69) is 15.5 Å². The van der Waals surface area contributed by atoms with Gasteiger partial charge in [0.2, 0.25) is 17.6 Å². The molecule has 7 nitrogen and oxygen atoms in total. The highest BCUT2D eigenvalue weighted by Crippen LogP contribution is 2.36. The van der Waals surface area contributed by atoms with Crippen molar-refractivity contribution in [2.24, 2.45) is 5.41 Å². The summed E-state index contributed by atoms with van der Waals surface area (Å²) in [7, 11) is 0. The molecule has 1 fully saturated rings. The smallest absolute Gasteiger partial charge is 0.311 e. The molecular weight excluding hydrogens is 365 g/mol. The van der Waals surface area contributed by atoms with Crippen molar-refractivity contribution in [3.8, 4) is 11.4 Å². The van der Waals surface area contributed by atoms with Crippen LogP contribution in [0.2, 0.25) is 0 Å². The first-order valence-corrected chi connectivity index (χ1v) is 9.49. The zero-order valence-corrected chi connectivity index (χ0v) is 15.8. The van der Waals surface area contributed by atoms with Gasteiger partial charge in [-0.2, -0.15) is 4.98 Å². The first-order valence-electron chi connectivity index (χ1n) is 9.49. The Morgan fingerprint density at radius 1 is 1.29 bits per heavy atom. The number of aryl methyl sites for hydroxylation is 2. The molecule has 1 aromatic heterocycles. The van der Waals surface area contributed by atoms with Gasteiger partial charge in [0.15, 0.2) is 0 Å². The van der Waals surface area contributed by atoms with Crippen molar-refractivity contribution in [2.45, 2.75) is 51.9 Å². The Labute approximate surface area is 162 Å². The molecule has 1 heterocycles. The number of nitrogens with one attached hydrogen (secondary N) is 1. The molecule has 0 bridgehead atoms. The molecule has 0 saturated heterocycles. The number of aliphatic carboxylic acids is 1. The second-order valence-electron chi connectivity index (χ2n) is 7.40. The van der Waals surface area contributed by atoms with Crippen molar-refractivity contribution < 1.29 is 23.6 Å². The molecule has 0 spiro atoms. The zero-order valence-electron chi connectivity index (χ0n) is 15.8. The molecule has 0 radical (unpaired) electrons. The Morgan fingerprint density at radius 2 is 2.04 bits per heavy atom. The van der Waals surface area contributed by atoms with Crippen LogP contribution in [0.15, 0.2) is 22.7 Å². The molecule has 3 rings (SSSR count). The van der Waals surface area contributed by atoms with E-state index in [1.165, 1.54) is 6.07 Å². The lowest BCUT2D eigenvalue weighted by molar-refractivity contribution is -0.151. The van der Waals surface area contributed by atoms with Crippen LogP contribution in [-0.4, -0.2) is 33.7 Å². The van der Waals surface area contributed by atoms with Crippen LogP contribution in [0.5, 0.6) is 0 Å².